The Morgan fingerprint density at radius 1 is 1.24 bits per heavy atom. The summed E-state index contributed by atoms with van der Waals surface area (Å²) in [5.74, 6) is 0.131. The maximum Gasteiger partial charge on any atom is 0.243 e. The molecule has 29 heavy (non-hydrogen) atoms. The second kappa shape index (κ2) is 8.15. The van der Waals surface area contributed by atoms with Gasteiger partial charge in [-0.05, 0) is 43.3 Å². The molecule has 10 heteroatoms. The number of anilines is 2. The van der Waals surface area contributed by atoms with Crippen LogP contribution < -0.4 is 5.32 Å². The molecule has 1 aliphatic rings. The van der Waals surface area contributed by atoms with Crippen molar-refractivity contribution in [1.29, 1.82) is 0 Å². The van der Waals surface area contributed by atoms with Gasteiger partial charge >= 0.3 is 0 Å². The zero-order valence-corrected chi connectivity index (χ0v) is 17.2. The summed E-state index contributed by atoms with van der Waals surface area (Å²) in [4.78, 5) is 9.96. The lowest BCUT2D eigenvalue weighted by Gasteiger charge is -2.32. The molecule has 1 aromatic carbocycles. The summed E-state index contributed by atoms with van der Waals surface area (Å²) in [6, 6.07) is 10.3. The number of morpholine rings is 1. The summed E-state index contributed by atoms with van der Waals surface area (Å²) < 4.78 is 46.1. The normalized spacial score (nSPS) is 17.9. The molecule has 1 saturated heterocycles. The Balaban J connectivity index is 1.52. The highest BCUT2D eigenvalue weighted by molar-refractivity contribution is 7.89. The number of nitrogens with zero attached hydrogens (tertiary/aromatic N) is 3. The largest absolute Gasteiger partial charge is 0.369 e. The highest BCUT2D eigenvalue weighted by atomic mass is 32.2. The van der Waals surface area contributed by atoms with Crippen LogP contribution in [0.4, 0.5) is 15.3 Å². The molecule has 152 valence electrons. The molecule has 0 bridgehead atoms. The summed E-state index contributed by atoms with van der Waals surface area (Å²) in [5, 5.41) is 3.88. The number of pyridine rings is 1. The van der Waals surface area contributed by atoms with Crippen LogP contribution in [0.3, 0.4) is 0 Å². The quantitative estimate of drug-likeness (QED) is 0.662. The van der Waals surface area contributed by atoms with Crippen LogP contribution in [-0.4, -0.2) is 42.4 Å². The van der Waals surface area contributed by atoms with E-state index in [0.717, 1.165) is 22.1 Å². The summed E-state index contributed by atoms with van der Waals surface area (Å²) in [7, 11) is -3.74. The smallest absolute Gasteiger partial charge is 0.243 e. The van der Waals surface area contributed by atoms with Crippen LogP contribution >= 0.6 is 11.3 Å². The molecule has 0 aliphatic carbocycles. The van der Waals surface area contributed by atoms with Gasteiger partial charge in [0, 0.05) is 24.2 Å². The first-order valence-corrected chi connectivity index (χ1v) is 11.2. The zero-order chi connectivity index (χ0) is 20.4. The standard InChI is InChI=1S/C19H19FN4O3S2/c1-13-11-21-19(28-13)23-18-4-2-3-16(22-18)17-12-24(9-10-27-17)29(25,26)15-7-5-14(20)6-8-15/h2-8,11,17H,9-10,12H2,1H3,(H,21,22,23). The molecule has 7 nitrogen and oxygen atoms in total. The molecular weight excluding hydrogens is 415 g/mol. The van der Waals surface area contributed by atoms with Crippen molar-refractivity contribution in [2.75, 3.05) is 25.0 Å². The predicted molar refractivity (Wildman–Crippen MR) is 108 cm³/mol. The molecule has 3 heterocycles. The third-order valence-electron chi connectivity index (χ3n) is 4.44. The van der Waals surface area contributed by atoms with Crippen LogP contribution in [0.25, 0.3) is 0 Å². The second-order valence-electron chi connectivity index (χ2n) is 6.53. The Bertz CT molecular complexity index is 1100. The van der Waals surface area contributed by atoms with Gasteiger partial charge in [-0.15, -0.1) is 11.3 Å². The monoisotopic (exact) mass is 434 g/mol. The molecule has 1 aliphatic heterocycles. The van der Waals surface area contributed by atoms with E-state index in [9.17, 15) is 12.8 Å². The Hall–Kier alpha value is -2.40. The van der Waals surface area contributed by atoms with Crippen LogP contribution in [-0.2, 0) is 14.8 Å². The molecule has 4 rings (SSSR count). The Labute approximate surface area is 172 Å². The number of halogens is 1. The van der Waals surface area contributed by atoms with Crippen LogP contribution in [0.15, 0.2) is 53.6 Å². The van der Waals surface area contributed by atoms with Gasteiger partial charge in [0.05, 0.1) is 17.2 Å². The van der Waals surface area contributed by atoms with E-state index < -0.39 is 21.9 Å². The number of hydrogen-bond donors (Lipinski definition) is 1. The first-order chi connectivity index (χ1) is 13.9. The first kappa shape index (κ1) is 19.9. The van der Waals surface area contributed by atoms with E-state index in [0.29, 0.717) is 11.5 Å². The van der Waals surface area contributed by atoms with Crippen molar-refractivity contribution in [3.05, 3.63) is 65.0 Å². The van der Waals surface area contributed by atoms with Crippen molar-refractivity contribution < 1.29 is 17.5 Å². The van der Waals surface area contributed by atoms with E-state index in [4.69, 9.17) is 4.74 Å². The number of benzene rings is 1. The van der Waals surface area contributed by atoms with Gasteiger partial charge in [0.15, 0.2) is 5.13 Å². The number of thiazole rings is 1. The molecule has 1 fully saturated rings. The van der Waals surface area contributed by atoms with Gasteiger partial charge < -0.3 is 10.1 Å². The average molecular weight is 435 g/mol. The van der Waals surface area contributed by atoms with Gasteiger partial charge in [-0.1, -0.05) is 6.07 Å². The highest BCUT2D eigenvalue weighted by Gasteiger charge is 2.32. The number of sulfonamides is 1. The molecule has 1 atom stereocenters. The summed E-state index contributed by atoms with van der Waals surface area (Å²) in [6.45, 7) is 2.58. The highest BCUT2D eigenvalue weighted by Crippen LogP contribution is 2.27. The molecule has 3 aromatic rings. The van der Waals surface area contributed by atoms with Crippen LogP contribution in [0.2, 0.25) is 0 Å². The SMILES string of the molecule is Cc1cnc(Nc2cccc(C3CN(S(=O)(=O)c4ccc(F)cc4)CCO3)n2)s1. The minimum atomic E-state index is -3.74. The summed E-state index contributed by atoms with van der Waals surface area (Å²) in [5.41, 5.74) is 0.627. The van der Waals surface area contributed by atoms with Crippen molar-refractivity contribution >= 4 is 32.3 Å². The summed E-state index contributed by atoms with van der Waals surface area (Å²) in [6.07, 6.45) is 1.28. The van der Waals surface area contributed by atoms with Crippen LogP contribution in [0.1, 0.15) is 16.7 Å². The minimum Gasteiger partial charge on any atom is -0.369 e. The van der Waals surface area contributed by atoms with Gasteiger partial charge in [-0.2, -0.15) is 4.31 Å². The summed E-state index contributed by atoms with van der Waals surface area (Å²) >= 11 is 1.52. The van der Waals surface area contributed by atoms with E-state index in [1.54, 1.807) is 12.3 Å². The Kier molecular flexibility index (Phi) is 5.59. The van der Waals surface area contributed by atoms with Crippen LogP contribution in [0.5, 0.6) is 0 Å². The van der Waals surface area contributed by atoms with Crippen molar-refractivity contribution in [2.45, 2.75) is 17.9 Å². The predicted octanol–water partition coefficient (Wildman–Crippen LogP) is 3.49. The minimum absolute atomic E-state index is 0.0575. The fourth-order valence-electron chi connectivity index (χ4n) is 3.00. The number of nitrogens with one attached hydrogen (secondary N) is 1. The van der Waals surface area contributed by atoms with Crippen molar-refractivity contribution in [2.24, 2.45) is 0 Å². The third-order valence-corrected chi connectivity index (χ3v) is 7.14. The molecule has 1 N–H and O–H groups in total. The lowest BCUT2D eigenvalue weighted by molar-refractivity contribution is -0.00486. The average Bonchev–Trinajstić information content (AvgIpc) is 3.13. The Morgan fingerprint density at radius 2 is 2.03 bits per heavy atom. The molecule has 1 unspecified atom stereocenters. The molecular formula is C19H19FN4O3S2. The van der Waals surface area contributed by atoms with Crippen LogP contribution in [0, 0.1) is 12.7 Å². The topological polar surface area (TPSA) is 84.4 Å². The van der Waals surface area contributed by atoms with E-state index in [1.165, 1.54) is 27.8 Å². The van der Waals surface area contributed by atoms with Crippen molar-refractivity contribution in [3.63, 3.8) is 0 Å². The van der Waals surface area contributed by atoms with E-state index in [-0.39, 0.29) is 24.6 Å². The molecule has 0 amide bonds. The number of aryl methyl sites for hydroxylation is 1. The van der Waals surface area contributed by atoms with Crippen molar-refractivity contribution in [1.82, 2.24) is 14.3 Å². The van der Waals surface area contributed by atoms with E-state index in [1.807, 2.05) is 19.1 Å². The number of aromatic nitrogens is 2. The van der Waals surface area contributed by atoms with Gasteiger partial charge in [-0.3, -0.25) is 0 Å². The second-order valence-corrected chi connectivity index (χ2v) is 9.70. The maximum atomic E-state index is 13.1. The van der Waals surface area contributed by atoms with E-state index in [2.05, 4.69) is 15.3 Å². The van der Waals surface area contributed by atoms with Gasteiger partial charge in [-0.25, -0.2) is 22.8 Å². The number of hydrogen-bond acceptors (Lipinski definition) is 7. The molecule has 0 saturated carbocycles. The maximum absolute atomic E-state index is 13.1. The Morgan fingerprint density at radius 3 is 2.76 bits per heavy atom. The fourth-order valence-corrected chi connectivity index (χ4v) is 5.10. The third kappa shape index (κ3) is 4.45. The first-order valence-electron chi connectivity index (χ1n) is 8.95. The number of rotatable bonds is 5. The number of ether oxygens (including phenoxy) is 1. The fraction of sp³-hybridized carbons (Fsp3) is 0.263. The van der Waals surface area contributed by atoms with Gasteiger partial charge in [0.25, 0.3) is 0 Å². The zero-order valence-electron chi connectivity index (χ0n) is 15.6. The molecule has 2 aromatic heterocycles. The van der Waals surface area contributed by atoms with Gasteiger partial charge in [0.1, 0.15) is 17.7 Å². The molecule has 0 spiro atoms. The lowest BCUT2D eigenvalue weighted by atomic mass is 10.2. The van der Waals surface area contributed by atoms with Crippen molar-refractivity contribution in [3.8, 4) is 0 Å². The lowest BCUT2D eigenvalue weighted by Crippen LogP contribution is -2.42. The molecule has 0 radical (unpaired) electrons. The van der Waals surface area contributed by atoms with Gasteiger partial charge in [0.2, 0.25) is 10.0 Å². The van der Waals surface area contributed by atoms with E-state index >= 15 is 0 Å².